The van der Waals surface area contributed by atoms with E-state index in [0.29, 0.717) is 21.8 Å². The zero-order chi connectivity index (χ0) is 15.2. The molecule has 0 aromatic heterocycles. The van der Waals surface area contributed by atoms with Gasteiger partial charge in [0.25, 0.3) is 0 Å². The zero-order valence-corrected chi connectivity index (χ0v) is 14.4. The van der Waals surface area contributed by atoms with Gasteiger partial charge in [0.05, 0.1) is 15.8 Å². The minimum Gasteiger partial charge on any atom is -0.353 e. The van der Waals surface area contributed by atoms with Crippen molar-refractivity contribution in [3.05, 3.63) is 28.2 Å². The lowest BCUT2D eigenvalue weighted by Gasteiger charge is -2.31. The normalized spacial score (nSPS) is 16.9. The van der Waals surface area contributed by atoms with E-state index in [1.165, 1.54) is 11.8 Å². The number of carbonyl (C=O) groups is 1. The number of benzene rings is 1. The number of rotatable bonds is 5. The number of carbonyl (C=O) groups excluding carboxylic acids is 1. The number of amides is 1. The van der Waals surface area contributed by atoms with Gasteiger partial charge in [0.1, 0.15) is 0 Å². The molecule has 0 spiro atoms. The van der Waals surface area contributed by atoms with Gasteiger partial charge in [0.2, 0.25) is 5.91 Å². The fourth-order valence-corrected chi connectivity index (χ4v) is 3.92. The molecule has 0 aliphatic carbocycles. The lowest BCUT2D eigenvalue weighted by molar-refractivity contribution is -0.119. The molecule has 1 aromatic rings. The van der Waals surface area contributed by atoms with Crippen LogP contribution in [0.2, 0.25) is 10.0 Å². The average Bonchev–Trinajstić information content (AvgIpc) is 2.47. The standard InChI is InChI=1S/C15H20Cl2N2OS/c1-2-19-8-6-11(7-9-19)18-14(20)10-21-15-12(16)4-3-5-13(15)17/h3-5,11H,2,6-10H2,1H3,(H,18,20). The van der Waals surface area contributed by atoms with Crippen molar-refractivity contribution in [3.8, 4) is 0 Å². The highest BCUT2D eigenvalue weighted by molar-refractivity contribution is 8.00. The molecule has 21 heavy (non-hydrogen) atoms. The van der Waals surface area contributed by atoms with Crippen molar-refractivity contribution in [2.75, 3.05) is 25.4 Å². The molecule has 1 aliphatic rings. The molecule has 1 N–H and O–H groups in total. The van der Waals surface area contributed by atoms with E-state index in [-0.39, 0.29) is 5.91 Å². The second kappa shape index (κ2) is 8.28. The largest absolute Gasteiger partial charge is 0.353 e. The third-order valence-electron chi connectivity index (χ3n) is 3.67. The highest BCUT2D eigenvalue weighted by Crippen LogP contribution is 2.33. The maximum atomic E-state index is 12.0. The van der Waals surface area contributed by atoms with Gasteiger partial charge in [-0.1, -0.05) is 36.2 Å². The summed E-state index contributed by atoms with van der Waals surface area (Å²) in [5.74, 6) is 0.392. The topological polar surface area (TPSA) is 32.3 Å². The fourth-order valence-electron chi connectivity index (χ4n) is 2.42. The summed E-state index contributed by atoms with van der Waals surface area (Å²) in [4.78, 5) is 15.2. The van der Waals surface area contributed by atoms with Crippen molar-refractivity contribution in [1.29, 1.82) is 0 Å². The number of thioether (sulfide) groups is 1. The van der Waals surface area contributed by atoms with Crippen LogP contribution in [0.1, 0.15) is 19.8 Å². The molecule has 1 fully saturated rings. The van der Waals surface area contributed by atoms with Crippen LogP contribution in [0, 0.1) is 0 Å². The van der Waals surface area contributed by atoms with Gasteiger partial charge in [-0.15, -0.1) is 11.8 Å². The summed E-state index contributed by atoms with van der Waals surface area (Å²) in [6, 6.07) is 5.67. The summed E-state index contributed by atoms with van der Waals surface area (Å²) in [6.07, 6.45) is 2.05. The molecule has 0 radical (unpaired) electrons. The highest BCUT2D eigenvalue weighted by atomic mass is 35.5. The molecule has 116 valence electrons. The molecule has 1 heterocycles. The summed E-state index contributed by atoms with van der Waals surface area (Å²) >= 11 is 13.6. The molecular weight excluding hydrogens is 327 g/mol. The number of nitrogens with one attached hydrogen (secondary N) is 1. The summed E-state index contributed by atoms with van der Waals surface area (Å²) in [7, 11) is 0. The Hall–Kier alpha value is -0.420. The van der Waals surface area contributed by atoms with Crippen molar-refractivity contribution in [3.63, 3.8) is 0 Å². The van der Waals surface area contributed by atoms with Gasteiger partial charge in [-0.25, -0.2) is 0 Å². The number of nitrogens with zero attached hydrogens (tertiary/aromatic N) is 1. The van der Waals surface area contributed by atoms with Crippen LogP contribution in [0.5, 0.6) is 0 Å². The van der Waals surface area contributed by atoms with Gasteiger partial charge in [-0.2, -0.15) is 0 Å². The first-order chi connectivity index (χ1) is 10.1. The number of likely N-dealkylation sites (tertiary alicyclic amines) is 1. The monoisotopic (exact) mass is 346 g/mol. The van der Waals surface area contributed by atoms with Gasteiger partial charge in [0.15, 0.2) is 0 Å². The van der Waals surface area contributed by atoms with Gasteiger partial charge < -0.3 is 10.2 Å². The molecule has 0 saturated carbocycles. The first-order valence-electron chi connectivity index (χ1n) is 7.18. The molecule has 1 aromatic carbocycles. The molecule has 1 amide bonds. The molecule has 1 aliphatic heterocycles. The molecule has 2 rings (SSSR count). The number of halogens is 2. The lowest BCUT2D eigenvalue weighted by atomic mass is 10.1. The first-order valence-corrected chi connectivity index (χ1v) is 8.92. The predicted molar refractivity (Wildman–Crippen MR) is 90.5 cm³/mol. The van der Waals surface area contributed by atoms with Crippen molar-refractivity contribution >= 4 is 40.9 Å². The van der Waals surface area contributed by atoms with E-state index in [2.05, 4.69) is 17.1 Å². The van der Waals surface area contributed by atoms with Crippen molar-refractivity contribution in [1.82, 2.24) is 10.2 Å². The average molecular weight is 347 g/mol. The quantitative estimate of drug-likeness (QED) is 0.825. The molecular formula is C15H20Cl2N2OS. The van der Waals surface area contributed by atoms with Gasteiger partial charge >= 0.3 is 0 Å². The number of hydrogen-bond donors (Lipinski definition) is 1. The van der Waals surface area contributed by atoms with E-state index in [4.69, 9.17) is 23.2 Å². The van der Waals surface area contributed by atoms with Crippen LogP contribution in [0.25, 0.3) is 0 Å². The van der Waals surface area contributed by atoms with Crippen LogP contribution in [0.15, 0.2) is 23.1 Å². The Morgan fingerprint density at radius 1 is 1.33 bits per heavy atom. The minimum absolute atomic E-state index is 0.0472. The van der Waals surface area contributed by atoms with Crippen LogP contribution in [0.3, 0.4) is 0 Å². The summed E-state index contributed by atoms with van der Waals surface area (Å²) in [6.45, 7) is 5.38. The van der Waals surface area contributed by atoms with Crippen LogP contribution in [0.4, 0.5) is 0 Å². The SMILES string of the molecule is CCN1CCC(NC(=O)CSc2c(Cl)cccc2Cl)CC1. The molecule has 0 bridgehead atoms. The molecule has 0 atom stereocenters. The summed E-state index contributed by atoms with van der Waals surface area (Å²) in [5, 5.41) is 4.29. The van der Waals surface area contributed by atoms with Crippen LogP contribution >= 0.6 is 35.0 Å². The van der Waals surface area contributed by atoms with E-state index in [0.717, 1.165) is 37.4 Å². The van der Waals surface area contributed by atoms with Crippen molar-refractivity contribution in [2.45, 2.75) is 30.7 Å². The van der Waals surface area contributed by atoms with Gasteiger partial charge in [0, 0.05) is 24.0 Å². The maximum absolute atomic E-state index is 12.0. The van der Waals surface area contributed by atoms with Crippen molar-refractivity contribution in [2.24, 2.45) is 0 Å². The third kappa shape index (κ3) is 5.06. The number of hydrogen-bond acceptors (Lipinski definition) is 3. The third-order valence-corrected chi connectivity index (χ3v) is 5.66. The minimum atomic E-state index is 0.0472. The van der Waals surface area contributed by atoms with Crippen LogP contribution < -0.4 is 5.32 Å². The molecule has 3 nitrogen and oxygen atoms in total. The summed E-state index contributed by atoms with van der Waals surface area (Å²) in [5.41, 5.74) is 0. The van der Waals surface area contributed by atoms with Crippen molar-refractivity contribution < 1.29 is 4.79 Å². The Morgan fingerprint density at radius 3 is 2.52 bits per heavy atom. The smallest absolute Gasteiger partial charge is 0.230 e. The highest BCUT2D eigenvalue weighted by Gasteiger charge is 2.19. The Kier molecular flexibility index (Phi) is 6.68. The fraction of sp³-hybridized carbons (Fsp3) is 0.533. The second-order valence-corrected chi connectivity index (χ2v) is 6.92. The Labute approximate surface area is 140 Å². The van der Waals surface area contributed by atoms with E-state index in [1.807, 2.05) is 0 Å². The first kappa shape index (κ1) is 16.9. The van der Waals surface area contributed by atoms with Crippen LogP contribution in [-0.2, 0) is 4.79 Å². The van der Waals surface area contributed by atoms with E-state index < -0.39 is 0 Å². The van der Waals surface area contributed by atoms with E-state index in [9.17, 15) is 4.79 Å². The maximum Gasteiger partial charge on any atom is 0.230 e. The molecule has 6 heteroatoms. The Balaban J connectivity index is 1.78. The lowest BCUT2D eigenvalue weighted by Crippen LogP contribution is -2.45. The molecule has 0 unspecified atom stereocenters. The summed E-state index contributed by atoms with van der Waals surface area (Å²) < 4.78 is 0. The second-order valence-electron chi connectivity index (χ2n) is 5.12. The van der Waals surface area contributed by atoms with E-state index >= 15 is 0 Å². The zero-order valence-electron chi connectivity index (χ0n) is 12.1. The Bertz CT molecular complexity index is 470. The number of piperidine rings is 1. The van der Waals surface area contributed by atoms with Crippen LogP contribution in [-0.4, -0.2) is 42.2 Å². The van der Waals surface area contributed by atoms with E-state index in [1.54, 1.807) is 18.2 Å². The molecule has 1 saturated heterocycles. The Morgan fingerprint density at radius 2 is 1.95 bits per heavy atom. The van der Waals surface area contributed by atoms with Gasteiger partial charge in [-0.05, 0) is 31.5 Å². The predicted octanol–water partition coefficient (Wildman–Crippen LogP) is 3.69. The van der Waals surface area contributed by atoms with Gasteiger partial charge in [-0.3, -0.25) is 4.79 Å².